The van der Waals surface area contributed by atoms with E-state index < -0.39 is 0 Å². The van der Waals surface area contributed by atoms with Crippen molar-refractivity contribution < 1.29 is 28.9 Å². The SMILES string of the molecule is CC(C)c1cccc(C(C)C)c1-n1c(-c2[c-]ccc3c2oc2c(-c4cc5c6c(c4)-n4c7ccc(C(C)(C)C)cc7c7cc(C(C)(C)C)cc(c74)B6c4cc(C(C)(C)C)cc6c7cc(C(C)(C)C)ccc7n-5c46)cccc23)nc2ccccc21.Cc1cnc(-c2[c-]cc(F)cc2)cc1C.[Ir]. The Balaban J connectivity index is 0.000000442. The van der Waals surface area contributed by atoms with Crippen molar-refractivity contribution in [2.75, 3.05) is 0 Å². The van der Waals surface area contributed by atoms with Gasteiger partial charge < -0.3 is 23.1 Å². The molecule has 0 aliphatic carbocycles. The quantitative estimate of drug-likeness (QED) is 0.123. The Bertz CT molecular complexity index is 5640. The summed E-state index contributed by atoms with van der Waals surface area (Å²) < 4.78 is 27.9. The number of imidazole rings is 1. The number of pyridine rings is 1. The van der Waals surface area contributed by atoms with Gasteiger partial charge in [-0.15, -0.1) is 48.0 Å². The molecule has 2 aliphatic rings. The van der Waals surface area contributed by atoms with Crippen molar-refractivity contribution in [3.05, 3.63) is 239 Å². The molecule has 0 fully saturated rings. The van der Waals surface area contributed by atoms with Gasteiger partial charge in [0.25, 0.3) is 6.71 Å². The minimum atomic E-state index is -0.275. The first-order valence-corrected chi connectivity index (χ1v) is 35.1. The van der Waals surface area contributed by atoms with Crippen molar-refractivity contribution in [3.63, 3.8) is 0 Å². The van der Waals surface area contributed by atoms with E-state index in [-0.39, 0.29) is 66.1 Å². The third kappa shape index (κ3) is 10.5. The van der Waals surface area contributed by atoms with Crippen LogP contribution in [0.2, 0.25) is 0 Å². The van der Waals surface area contributed by atoms with Crippen LogP contribution in [0.15, 0.2) is 180 Å². The molecule has 9 heteroatoms. The fourth-order valence-electron chi connectivity index (χ4n) is 15.7. The minimum absolute atomic E-state index is 0. The maximum atomic E-state index is 12.7. The second-order valence-corrected chi connectivity index (χ2v) is 32.7. The van der Waals surface area contributed by atoms with Crippen LogP contribution >= 0.6 is 0 Å². The fourth-order valence-corrected chi connectivity index (χ4v) is 15.7. The number of fused-ring (bicyclic) bond motifs is 14. The average molecular weight is 1470 g/mol. The summed E-state index contributed by atoms with van der Waals surface area (Å²) in [5.74, 6) is 1.13. The molecular formula is C90H85BFIrN5O-2. The van der Waals surface area contributed by atoms with Gasteiger partial charge in [0.1, 0.15) is 5.58 Å². The van der Waals surface area contributed by atoms with Crippen LogP contribution < -0.4 is 16.4 Å². The van der Waals surface area contributed by atoms with Gasteiger partial charge >= 0.3 is 0 Å². The third-order valence-electron chi connectivity index (χ3n) is 21.3. The molecule has 6 nitrogen and oxygen atoms in total. The van der Waals surface area contributed by atoms with Crippen molar-refractivity contribution in [1.29, 1.82) is 0 Å². The largest absolute Gasteiger partial charge is 0.500 e. The number of benzene rings is 10. The van der Waals surface area contributed by atoms with E-state index in [0.29, 0.717) is 0 Å². The van der Waals surface area contributed by atoms with E-state index in [2.05, 4.69) is 287 Å². The van der Waals surface area contributed by atoms with E-state index in [9.17, 15) is 4.39 Å². The number of halogens is 1. The van der Waals surface area contributed by atoms with Crippen LogP contribution in [0.1, 0.15) is 167 Å². The van der Waals surface area contributed by atoms with Crippen molar-refractivity contribution in [1.82, 2.24) is 23.7 Å². The molecule has 1 radical (unpaired) electrons. The molecule has 0 amide bonds. The number of aryl methyl sites for hydroxylation is 2. The Hall–Kier alpha value is -9.14. The first-order chi connectivity index (χ1) is 46.5. The average Bonchev–Trinajstić information content (AvgIpc) is 1.53. The van der Waals surface area contributed by atoms with Crippen molar-refractivity contribution in [3.8, 4) is 50.8 Å². The molecule has 0 bridgehead atoms. The van der Waals surface area contributed by atoms with Crippen LogP contribution in [-0.4, -0.2) is 30.4 Å². The van der Waals surface area contributed by atoms with Gasteiger partial charge in [-0.1, -0.05) is 206 Å². The number of rotatable bonds is 6. The monoisotopic (exact) mass is 1470 g/mol. The molecule has 5 aromatic heterocycles. The van der Waals surface area contributed by atoms with Crippen LogP contribution in [-0.2, 0) is 41.8 Å². The van der Waals surface area contributed by atoms with E-state index in [1.54, 1.807) is 6.07 Å². The van der Waals surface area contributed by atoms with E-state index in [1.807, 2.05) is 26.1 Å². The summed E-state index contributed by atoms with van der Waals surface area (Å²) in [5.41, 5.74) is 31.2. The summed E-state index contributed by atoms with van der Waals surface area (Å²) in [6, 6.07) is 69.1. The van der Waals surface area contributed by atoms with Gasteiger partial charge in [0, 0.05) is 92.7 Å². The molecule has 17 rings (SSSR count). The zero-order chi connectivity index (χ0) is 68.7. The van der Waals surface area contributed by atoms with Crippen LogP contribution in [0.3, 0.4) is 0 Å². The van der Waals surface area contributed by atoms with Crippen LogP contribution in [0, 0.1) is 31.8 Å². The Morgan fingerprint density at radius 2 is 1.04 bits per heavy atom. The molecule has 0 N–H and O–H groups in total. The van der Waals surface area contributed by atoms with Crippen molar-refractivity contribution >= 4 is 99.7 Å². The van der Waals surface area contributed by atoms with Gasteiger partial charge in [-0.3, -0.25) is 9.37 Å². The summed E-state index contributed by atoms with van der Waals surface area (Å²) >= 11 is 0. The molecule has 10 aromatic carbocycles. The second kappa shape index (κ2) is 23.2. The Morgan fingerprint density at radius 3 is 1.58 bits per heavy atom. The van der Waals surface area contributed by atoms with E-state index in [4.69, 9.17) is 9.40 Å². The van der Waals surface area contributed by atoms with E-state index in [0.717, 1.165) is 72.3 Å². The number of nitrogens with zero attached hydrogens (tertiary/aromatic N) is 5. The summed E-state index contributed by atoms with van der Waals surface area (Å²) in [7, 11) is 0. The third-order valence-corrected chi connectivity index (χ3v) is 21.3. The summed E-state index contributed by atoms with van der Waals surface area (Å²) in [6.07, 6.45) is 1.82. The summed E-state index contributed by atoms with van der Waals surface area (Å²) in [4.78, 5) is 9.79. The van der Waals surface area contributed by atoms with Crippen molar-refractivity contribution in [2.24, 2.45) is 0 Å². The predicted octanol–water partition coefficient (Wildman–Crippen LogP) is 22.1. The number of aromatic nitrogens is 5. The van der Waals surface area contributed by atoms with E-state index in [1.165, 1.54) is 128 Å². The summed E-state index contributed by atoms with van der Waals surface area (Å²) in [5, 5.41) is 7.36. The zero-order valence-corrected chi connectivity index (χ0v) is 62.7. The first-order valence-electron chi connectivity index (χ1n) is 35.1. The Labute approximate surface area is 595 Å². The van der Waals surface area contributed by atoms with Gasteiger partial charge in [-0.2, -0.15) is 0 Å². The minimum Gasteiger partial charge on any atom is -0.500 e. The molecule has 497 valence electrons. The summed E-state index contributed by atoms with van der Waals surface area (Å²) in [6.45, 7) is 41.5. The van der Waals surface area contributed by atoms with Gasteiger partial charge in [-0.25, -0.2) is 0 Å². The molecule has 0 unspecified atom stereocenters. The number of hydrogen-bond acceptors (Lipinski definition) is 3. The van der Waals surface area contributed by atoms with E-state index >= 15 is 0 Å². The van der Waals surface area contributed by atoms with Crippen LogP contribution in [0.25, 0.3) is 127 Å². The topological polar surface area (TPSA) is 53.7 Å². The Morgan fingerprint density at radius 1 is 0.495 bits per heavy atom. The molecule has 0 saturated heterocycles. The molecule has 7 heterocycles. The van der Waals surface area contributed by atoms with Gasteiger partial charge in [0.2, 0.25) is 0 Å². The molecule has 99 heavy (non-hydrogen) atoms. The fraction of sp³-hybridized carbons (Fsp3) is 0.267. The molecule has 0 saturated carbocycles. The Kier molecular flexibility index (Phi) is 15.4. The van der Waals surface area contributed by atoms with Gasteiger partial charge in [-0.05, 0) is 175 Å². The predicted molar refractivity (Wildman–Crippen MR) is 412 cm³/mol. The van der Waals surface area contributed by atoms with Gasteiger partial charge in [0.05, 0.1) is 33.5 Å². The smallest absolute Gasteiger partial charge is 0.252 e. The molecule has 2 aliphatic heterocycles. The van der Waals surface area contributed by atoms with Crippen LogP contribution in [0.5, 0.6) is 0 Å². The number of para-hydroxylation sites is 4. The van der Waals surface area contributed by atoms with Gasteiger partial charge in [0.15, 0.2) is 0 Å². The number of furan rings is 1. The molecule has 15 aromatic rings. The van der Waals surface area contributed by atoms with Crippen molar-refractivity contribution in [2.45, 2.75) is 158 Å². The second-order valence-electron chi connectivity index (χ2n) is 32.7. The first kappa shape index (κ1) is 65.8. The maximum Gasteiger partial charge on any atom is 0.252 e. The van der Waals surface area contributed by atoms with Crippen LogP contribution in [0.4, 0.5) is 4.39 Å². The molecule has 0 spiro atoms. The zero-order valence-electron chi connectivity index (χ0n) is 60.3. The molecular weight excluding hydrogens is 1390 g/mol. The number of hydrogen-bond donors (Lipinski definition) is 0. The standard InChI is InChI=1S/C77H74BN4O.C13H11FN.Ir/c1-42(2)49-22-19-23-50(43(3)4)68(49)82-64-29-18-17-28-61(64)79-73(82)54-27-21-26-53-52-25-20-24-51(71(52)83-72(53)54)44-34-65-67-66(35-44)81-63-33-31-46(75(8,9)10)37-56(63)58-39-48(77(14,15)16)41-60(70(58)81)78(67)59-40-47(76(11,12)13)38-57-55-36-45(74(5,6)7)30-32-62(55)80(65)69(57)59;1-9-7-13(15-8-10(9)2)11-3-5-12(14)6-4-11;/h17-26,28-43H,1-16H3;3,5-8H,1-2H3;/q2*-1;. The molecule has 0 atom stereocenters. The maximum absolute atomic E-state index is 12.7. The normalized spacial score (nSPS) is 13.1.